The van der Waals surface area contributed by atoms with E-state index in [9.17, 15) is 4.79 Å². The van der Waals surface area contributed by atoms with Crippen molar-refractivity contribution < 1.29 is 4.79 Å². The molecule has 0 radical (unpaired) electrons. The van der Waals surface area contributed by atoms with E-state index in [0.717, 1.165) is 18.7 Å². The van der Waals surface area contributed by atoms with Crippen molar-refractivity contribution in [3.05, 3.63) is 48.4 Å². The summed E-state index contributed by atoms with van der Waals surface area (Å²) in [5, 5.41) is 3.15. The van der Waals surface area contributed by atoms with Crippen LogP contribution in [0.15, 0.2) is 42.9 Å². The van der Waals surface area contributed by atoms with E-state index in [1.807, 2.05) is 29.2 Å². The van der Waals surface area contributed by atoms with Gasteiger partial charge < -0.3 is 16.0 Å². The average molecular weight is 384 g/mol. The van der Waals surface area contributed by atoms with Gasteiger partial charge in [-0.1, -0.05) is 13.0 Å². The van der Waals surface area contributed by atoms with Crippen LogP contribution in [0.5, 0.6) is 0 Å². The van der Waals surface area contributed by atoms with Gasteiger partial charge in [0.2, 0.25) is 0 Å². The summed E-state index contributed by atoms with van der Waals surface area (Å²) in [6, 6.07) is 7.45. The van der Waals surface area contributed by atoms with E-state index in [2.05, 4.69) is 22.2 Å². The van der Waals surface area contributed by atoms with Gasteiger partial charge >= 0.3 is 0 Å². The highest BCUT2D eigenvalue weighted by Crippen LogP contribution is 2.29. The largest absolute Gasteiger partial charge is 0.339 e. The summed E-state index contributed by atoms with van der Waals surface area (Å²) in [6.07, 6.45) is 5.83. The SMILES string of the molecule is CC1(CN)CCN(C(=O)c2cccc(Nc3cnccn3)c2)C1.Cl.Cl. The van der Waals surface area contributed by atoms with Crippen LogP contribution in [-0.4, -0.2) is 40.4 Å². The number of nitrogens with one attached hydrogen (secondary N) is 1. The first-order valence-electron chi connectivity index (χ1n) is 7.72. The number of halogens is 2. The van der Waals surface area contributed by atoms with Gasteiger partial charge in [-0.15, -0.1) is 24.8 Å². The van der Waals surface area contributed by atoms with Crippen molar-refractivity contribution in [1.29, 1.82) is 0 Å². The molecule has 3 rings (SSSR count). The maximum absolute atomic E-state index is 12.7. The number of hydrogen-bond acceptors (Lipinski definition) is 5. The van der Waals surface area contributed by atoms with Crippen LogP contribution in [0.3, 0.4) is 0 Å². The summed E-state index contributed by atoms with van der Waals surface area (Å²) in [7, 11) is 0. The Balaban J connectivity index is 0.00000156. The van der Waals surface area contributed by atoms with Gasteiger partial charge in [-0.3, -0.25) is 9.78 Å². The molecule has 1 unspecified atom stereocenters. The lowest BCUT2D eigenvalue weighted by molar-refractivity contribution is 0.0777. The van der Waals surface area contributed by atoms with E-state index >= 15 is 0 Å². The lowest BCUT2D eigenvalue weighted by atomic mass is 9.90. The molecule has 1 aromatic carbocycles. The van der Waals surface area contributed by atoms with Crippen LogP contribution in [0.25, 0.3) is 0 Å². The third-order valence-corrected chi connectivity index (χ3v) is 4.28. The number of benzene rings is 1. The molecule has 1 aliphatic rings. The summed E-state index contributed by atoms with van der Waals surface area (Å²) >= 11 is 0. The molecule has 1 amide bonds. The van der Waals surface area contributed by atoms with Gasteiger partial charge in [-0.05, 0) is 36.6 Å². The van der Waals surface area contributed by atoms with E-state index < -0.39 is 0 Å². The highest BCUT2D eigenvalue weighted by atomic mass is 35.5. The molecule has 0 spiro atoms. The number of carbonyl (C=O) groups excluding carboxylic acids is 1. The third kappa shape index (κ3) is 5.04. The normalized spacial score (nSPS) is 18.9. The second-order valence-electron chi connectivity index (χ2n) is 6.29. The standard InChI is InChI=1S/C17H21N5O.2ClH/c1-17(11-18)5-8-22(12-17)16(23)13-3-2-4-14(9-13)21-15-10-19-6-7-20-15;;/h2-4,6-7,9-10H,5,8,11-12,18H2,1H3,(H,20,21);2*1H. The predicted molar refractivity (Wildman–Crippen MR) is 104 cm³/mol. The Morgan fingerprint density at radius 2 is 2.16 bits per heavy atom. The molecule has 1 saturated heterocycles. The van der Waals surface area contributed by atoms with Crippen LogP contribution >= 0.6 is 24.8 Å². The van der Waals surface area contributed by atoms with Gasteiger partial charge in [0.25, 0.3) is 5.91 Å². The van der Waals surface area contributed by atoms with E-state index in [-0.39, 0.29) is 36.1 Å². The first kappa shape index (κ1) is 21.2. The number of carbonyl (C=O) groups is 1. The van der Waals surface area contributed by atoms with Gasteiger partial charge in [0.15, 0.2) is 0 Å². The quantitative estimate of drug-likeness (QED) is 0.847. The van der Waals surface area contributed by atoms with Crippen molar-refractivity contribution in [2.24, 2.45) is 11.1 Å². The van der Waals surface area contributed by atoms with Crippen LogP contribution in [0.1, 0.15) is 23.7 Å². The van der Waals surface area contributed by atoms with Crippen LogP contribution in [0.2, 0.25) is 0 Å². The fourth-order valence-corrected chi connectivity index (χ4v) is 2.79. The van der Waals surface area contributed by atoms with Gasteiger partial charge in [-0.25, -0.2) is 4.98 Å². The summed E-state index contributed by atoms with van der Waals surface area (Å²) in [5.74, 6) is 0.693. The monoisotopic (exact) mass is 383 g/mol. The van der Waals surface area contributed by atoms with E-state index in [1.54, 1.807) is 18.6 Å². The lowest BCUT2D eigenvalue weighted by Gasteiger charge is -2.22. The third-order valence-electron chi connectivity index (χ3n) is 4.28. The molecule has 2 heterocycles. The highest BCUT2D eigenvalue weighted by molar-refractivity contribution is 5.95. The molecule has 136 valence electrons. The molecular weight excluding hydrogens is 361 g/mol. The maximum atomic E-state index is 12.7. The summed E-state index contributed by atoms with van der Waals surface area (Å²) in [4.78, 5) is 22.8. The molecule has 0 bridgehead atoms. The molecule has 8 heteroatoms. The van der Waals surface area contributed by atoms with Crippen molar-refractivity contribution in [1.82, 2.24) is 14.9 Å². The molecule has 6 nitrogen and oxygen atoms in total. The zero-order valence-corrected chi connectivity index (χ0v) is 15.6. The number of amides is 1. The topological polar surface area (TPSA) is 84.1 Å². The average Bonchev–Trinajstić information content (AvgIpc) is 2.98. The minimum absolute atomic E-state index is 0. The Morgan fingerprint density at radius 1 is 1.36 bits per heavy atom. The Labute approximate surface area is 160 Å². The van der Waals surface area contributed by atoms with Gasteiger partial charge in [0.05, 0.1) is 6.20 Å². The predicted octanol–water partition coefficient (Wildman–Crippen LogP) is 2.87. The zero-order chi connectivity index (χ0) is 16.3. The van der Waals surface area contributed by atoms with Crippen molar-refractivity contribution in [2.45, 2.75) is 13.3 Å². The minimum atomic E-state index is 0. The summed E-state index contributed by atoms with van der Waals surface area (Å²) in [6.45, 7) is 4.20. The zero-order valence-electron chi connectivity index (χ0n) is 14.0. The Hall–Kier alpha value is -1.89. The fourth-order valence-electron chi connectivity index (χ4n) is 2.79. The first-order chi connectivity index (χ1) is 11.1. The van der Waals surface area contributed by atoms with Crippen molar-refractivity contribution in [3.8, 4) is 0 Å². The highest BCUT2D eigenvalue weighted by Gasteiger charge is 2.35. The van der Waals surface area contributed by atoms with Crippen LogP contribution < -0.4 is 11.1 Å². The number of hydrogen-bond donors (Lipinski definition) is 2. The first-order valence-corrected chi connectivity index (χ1v) is 7.72. The number of anilines is 2. The lowest BCUT2D eigenvalue weighted by Crippen LogP contribution is -2.34. The van der Waals surface area contributed by atoms with Crippen molar-refractivity contribution in [3.63, 3.8) is 0 Å². The van der Waals surface area contributed by atoms with Gasteiger partial charge in [0, 0.05) is 36.7 Å². The smallest absolute Gasteiger partial charge is 0.253 e. The molecule has 25 heavy (non-hydrogen) atoms. The van der Waals surface area contributed by atoms with Crippen LogP contribution in [0, 0.1) is 5.41 Å². The molecule has 3 N–H and O–H groups in total. The molecule has 1 aliphatic heterocycles. The number of rotatable bonds is 4. The Morgan fingerprint density at radius 3 is 2.80 bits per heavy atom. The Bertz CT molecular complexity index is 700. The molecule has 0 saturated carbocycles. The number of nitrogens with zero attached hydrogens (tertiary/aromatic N) is 3. The molecule has 2 aromatic rings. The van der Waals surface area contributed by atoms with Gasteiger partial charge in [-0.2, -0.15) is 0 Å². The molecule has 1 fully saturated rings. The van der Waals surface area contributed by atoms with Crippen LogP contribution in [-0.2, 0) is 0 Å². The van der Waals surface area contributed by atoms with Crippen molar-refractivity contribution in [2.75, 3.05) is 25.0 Å². The molecule has 1 atom stereocenters. The van der Waals surface area contributed by atoms with Crippen LogP contribution in [0.4, 0.5) is 11.5 Å². The summed E-state index contributed by atoms with van der Waals surface area (Å²) < 4.78 is 0. The molecule has 0 aliphatic carbocycles. The van der Waals surface area contributed by atoms with E-state index in [0.29, 0.717) is 24.5 Å². The second-order valence-corrected chi connectivity index (χ2v) is 6.29. The number of likely N-dealkylation sites (tertiary alicyclic amines) is 1. The van der Waals surface area contributed by atoms with E-state index in [4.69, 9.17) is 5.73 Å². The van der Waals surface area contributed by atoms with Gasteiger partial charge in [0.1, 0.15) is 5.82 Å². The molecule has 1 aromatic heterocycles. The molecular formula is C17H23Cl2N5O. The number of aromatic nitrogens is 2. The number of nitrogens with two attached hydrogens (primary N) is 1. The summed E-state index contributed by atoms with van der Waals surface area (Å²) in [5.41, 5.74) is 7.33. The second kappa shape index (κ2) is 8.99. The maximum Gasteiger partial charge on any atom is 0.253 e. The fraction of sp³-hybridized carbons (Fsp3) is 0.353. The minimum Gasteiger partial charge on any atom is -0.339 e. The Kier molecular flexibility index (Phi) is 7.60. The van der Waals surface area contributed by atoms with E-state index in [1.165, 1.54) is 0 Å². The van der Waals surface area contributed by atoms with Crippen molar-refractivity contribution >= 4 is 42.2 Å².